The zero-order valence-corrected chi connectivity index (χ0v) is 16.3. The van der Waals surface area contributed by atoms with Crippen LogP contribution in [0.2, 0.25) is 10.0 Å². The molecule has 134 valence electrons. The van der Waals surface area contributed by atoms with Crippen LogP contribution in [0.25, 0.3) is 0 Å². The number of rotatable bonds is 5. The number of hydrogen-bond donors (Lipinski definition) is 1. The Labute approximate surface area is 157 Å². The number of benzene rings is 2. The van der Waals surface area contributed by atoms with Crippen molar-refractivity contribution in [2.45, 2.75) is 13.8 Å². The standard InChI is InChI=1S/C17H18Cl2N2O3S/c1-11-5-4-6-12(2)17(11)20-16(22)10-21(25(3,23)24)13-7-8-14(18)15(19)9-13/h4-9H,10H2,1-3H3,(H,20,22). The van der Waals surface area contributed by atoms with Crippen molar-refractivity contribution in [3.05, 3.63) is 57.6 Å². The van der Waals surface area contributed by atoms with Crippen molar-refractivity contribution >= 4 is 50.5 Å². The normalized spacial score (nSPS) is 11.2. The van der Waals surface area contributed by atoms with E-state index in [1.165, 1.54) is 18.2 Å². The van der Waals surface area contributed by atoms with E-state index >= 15 is 0 Å². The molecule has 0 heterocycles. The van der Waals surface area contributed by atoms with Crippen LogP contribution in [0, 0.1) is 13.8 Å². The third-order valence-corrected chi connectivity index (χ3v) is 5.50. The van der Waals surface area contributed by atoms with Crippen molar-refractivity contribution in [3.63, 3.8) is 0 Å². The summed E-state index contributed by atoms with van der Waals surface area (Å²) >= 11 is 11.8. The fraction of sp³-hybridized carbons (Fsp3) is 0.235. The number of amides is 1. The Morgan fingerprint density at radius 1 is 1.08 bits per heavy atom. The second-order valence-corrected chi connectivity index (χ2v) is 8.40. The highest BCUT2D eigenvalue weighted by Gasteiger charge is 2.22. The van der Waals surface area contributed by atoms with Crippen molar-refractivity contribution in [2.24, 2.45) is 0 Å². The van der Waals surface area contributed by atoms with Gasteiger partial charge in [-0.3, -0.25) is 9.10 Å². The molecule has 8 heteroatoms. The molecule has 1 amide bonds. The summed E-state index contributed by atoms with van der Waals surface area (Å²) in [5.41, 5.74) is 2.74. The third-order valence-electron chi connectivity index (χ3n) is 3.62. The molecule has 25 heavy (non-hydrogen) atoms. The SMILES string of the molecule is Cc1cccc(C)c1NC(=O)CN(c1ccc(Cl)c(Cl)c1)S(C)(=O)=O. The number of carbonyl (C=O) groups is 1. The molecule has 0 aliphatic heterocycles. The van der Waals surface area contributed by atoms with Gasteiger partial charge < -0.3 is 5.32 Å². The van der Waals surface area contributed by atoms with E-state index in [1.807, 2.05) is 32.0 Å². The van der Waals surface area contributed by atoms with Crippen LogP contribution in [0.3, 0.4) is 0 Å². The lowest BCUT2D eigenvalue weighted by molar-refractivity contribution is -0.114. The highest BCUT2D eigenvalue weighted by Crippen LogP contribution is 2.28. The first-order valence-electron chi connectivity index (χ1n) is 7.38. The molecule has 0 aromatic heterocycles. The van der Waals surface area contributed by atoms with E-state index < -0.39 is 15.9 Å². The molecule has 0 aliphatic carbocycles. The van der Waals surface area contributed by atoms with Crippen LogP contribution in [0.5, 0.6) is 0 Å². The van der Waals surface area contributed by atoms with Gasteiger partial charge >= 0.3 is 0 Å². The lowest BCUT2D eigenvalue weighted by Crippen LogP contribution is -2.37. The average Bonchev–Trinajstić information content (AvgIpc) is 2.50. The Kier molecular flexibility index (Phi) is 5.98. The Balaban J connectivity index is 2.29. The summed E-state index contributed by atoms with van der Waals surface area (Å²) in [4.78, 5) is 12.4. The molecule has 0 atom stereocenters. The Bertz CT molecular complexity index is 894. The fourth-order valence-corrected chi connectivity index (χ4v) is 3.50. The molecule has 0 aliphatic rings. The highest BCUT2D eigenvalue weighted by molar-refractivity contribution is 7.92. The van der Waals surface area contributed by atoms with Crippen molar-refractivity contribution in [3.8, 4) is 0 Å². The van der Waals surface area contributed by atoms with E-state index in [4.69, 9.17) is 23.2 Å². The lowest BCUT2D eigenvalue weighted by Gasteiger charge is -2.22. The van der Waals surface area contributed by atoms with E-state index in [0.29, 0.717) is 10.7 Å². The van der Waals surface area contributed by atoms with Crippen LogP contribution in [-0.4, -0.2) is 27.1 Å². The smallest absolute Gasteiger partial charge is 0.245 e. The van der Waals surface area contributed by atoms with Gasteiger partial charge in [-0.05, 0) is 43.2 Å². The van der Waals surface area contributed by atoms with Crippen molar-refractivity contribution in [1.82, 2.24) is 0 Å². The van der Waals surface area contributed by atoms with Gasteiger partial charge in [-0.15, -0.1) is 0 Å². The minimum Gasteiger partial charge on any atom is -0.324 e. The van der Waals surface area contributed by atoms with E-state index in [1.54, 1.807) is 0 Å². The Morgan fingerprint density at radius 2 is 1.68 bits per heavy atom. The molecule has 0 fully saturated rings. The summed E-state index contributed by atoms with van der Waals surface area (Å²) < 4.78 is 25.2. The van der Waals surface area contributed by atoms with Crippen LogP contribution in [0.15, 0.2) is 36.4 Å². The zero-order chi connectivity index (χ0) is 18.8. The van der Waals surface area contributed by atoms with Crippen molar-refractivity contribution in [2.75, 3.05) is 22.4 Å². The van der Waals surface area contributed by atoms with Crippen LogP contribution in [-0.2, 0) is 14.8 Å². The van der Waals surface area contributed by atoms with E-state index in [0.717, 1.165) is 21.7 Å². The average molecular weight is 401 g/mol. The highest BCUT2D eigenvalue weighted by atomic mass is 35.5. The second kappa shape index (κ2) is 7.64. The molecule has 0 unspecified atom stereocenters. The second-order valence-electron chi connectivity index (χ2n) is 5.68. The molecule has 2 aromatic rings. The van der Waals surface area contributed by atoms with E-state index in [9.17, 15) is 13.2 Å². The molecule has 0 saturated heterocycles. The van der Waals surface area contributed by atoms with Gasteiger partial charge in [-0.1, -0.05) is 41.4 Å². The van der Waals surface area contributed by atoms with Gasteiger partial charge in [0.05, 0.1) is 22.0 Å². The first kappa shape index (κ1) is 19.6. The molecule has 2 aromatic carbocycles. The third kappa shape index (κ3) is 4.87. The summed E-state index contributed by atoms with van der Waals surface area (Å²) in [6.07, 6.45) is 1.03. The number of nitrogens with zero attached hydrogens (tertiary/aromatic N) is 1. The Hall–Kier alpha value is -1.76. The molecule has 0 radical (unpaired) electrons. The molecule has 0 saturated carbocycles. The minimum absolute atomic E-state index is 0.211. The number of para-hydroxylation sites is 1. The van der Waals surface area contributed by atoms with Gasteiger partial charge in [-0.2, -0.15) is 0 Å². The van der Waals surface area contributed by atoms with E-state index in [2.05, 4.69) is 5.32 Å². The number of anilines is 2. The van der Waals surface area contributed by atoms with Gasteiger partial charge in [-0.25, -0.2) is 8.42 Å². The maximum absolute atomic E-state index is 12.4. The molecule has 0 bridgehead atoms. The first-order chi connectivity index (χ1) is 11.6. The van der Waals surface area contributed by atoms with Gasteiger partial charge in [0.1, 0.15) is 6.54 Å². The predicted molar refractivity (Wildman–Crippen MR) is 103 cm³/mol. The summed E-state index contributed by atoms with van der Waals surface area (Å²) in [5.74, 6) is -0.450. The zero-order valence-electron chi connectivity index (χ0n) is 14.0. The molecule has 1 N–H and O–H groups in total. The summed E-state index contributed by atoms with van der Waals surface area (Å²) in [6.45, 7) is 3.37. The number of nitrogens with one attached hydrogen (secondary N) is 1. The number of hydrogen-bond acceptors (Lipinski definition) is 3. The number of halogens is 2. The van der Waals surface area contributed by atoms with Crippen LogP contribution >= 0.6 is 23.2 Å². The summed E-state index contributed by atoms with van der Waals surface area (Å²) in [6, 6.07) is 10.0. The monoisotopic (exact) mass is 400 g/mol. The van der Waals surface area contributed by atoms with Crippen molar-refractivity contribution < 1.29 is 13.2 Å². The van der Waals surface area contributed by atoms with Gasteiger partial charge in [0.2, 0.25) is 15.9 Å². The van der Waals surface area contributed by atoms with Crippen molar-refractivity contribution in [1.29, 1.82) is 0 Å². The molecular formula is C17H18Cl2N2O3S. The Morgan fingerprint density at radius 3 is 2.20 bits per heavy atom. The first-order valence-corrected chi connectivity index (χ1v) is 9.99. The number of aryl methyl sites for hydroxylation is 2. The van der Waals surface area contributed by atoms with Crippen LogP contribution in [0.1, 0.15) is 11.1 Å². The molecular weight excluding hydrogens is 383 g/mol. The fourth-order valence-electron chi connectivity index (χ4n) is 2.36. The summed E-state index contributed by atoms with van der Waals surface area (Å²) in [5, 5.41) is 3.29. The topological polar surface area (TPSA) is 66.5 Å². The quantitative estimate of drug-likeness (QED) is 0.823. The molecule has 5 nitrogen and oxygen atoms in total. The molecule has 2 rings (SSSR count). The number of sulfonamides is 1. The maximum atomic E-state index is 12.4. The minimum atomic E-state index is -3.68. The van der Waals surface area contributed by atoms with Crippen LogP contribution < -0.4 is 9.62 Å². The number of carbonyl (C=O) groups excluding carboxylic acids is 1. The van der Waals surface area contributed by atoms with Gasteiger partial charge in [0.15, 0.2) is 0 Å². The van der Waals surface area contributed by atoms with Gasteiger partial charge in [0, 0.05) is 5.69 Å². The lowest BCUT2D eigenvalue weighted by atomic mass is 10.1. The summed E-state index contributed by atoms with van der Waals surface area (Å²) in [7, 11) is -3.68. The molecule has 0 spiro atoms. The predicted octanol–water partition coefficient (Wildman–Crippen LogP) is 4.01. The van der Waals surface area contributed by atoms with E-state index in [-0.39, 0.29) is 17.3 Å². The maximum Gasteiger partial charge on any atom is 0.245 e. The van der Waals surface area contributed by atoms with Crippen LogP contribution in [0.4, 0.5) is 11.4 Å². The van der Waals surface area contributed by atoms with Gasteiger partial charge in [0.25, 0.3) is 0 Å². The largest absolute Gasteiger partial charge is 0.324 e.